The van der Waals surface area contributed by atoms with Crippen LogP contribution in [0.15, 0.2) is 39.3 Å². The quantitative estimate of drug-likeness (QED) is 0.432. The van der Waals surface area contributed by atoms with E-state index in [4.69, 9.17) is 17.0 Å². The Labute approximate surface area is 191 Å². The zero-order chi connectivity index (χ0) is 21.7. The van der Waals surface area contributed by atoms with E-state index >= 15 is 0 Å². The zero-order valence-electron chi connectivity index (χ0n) is 16.0. The van der Waals surface area contributed by atoms with Crippen molar-refractivity contribution in [3.8, 4) is 5.75 Å². The third-order valence-corrected chi connectivity index (χ3v) is 5.21. The largest absolute Gasteiger partial charge is 0.483 e. The number of carbonyl (C=O) groups excluding carboxylic acids is 1. The number of carboxylic acids is 1. The number of ether oxygens (including phenoxy) is 1. The first kappa shape index (κ1) is 23.3. The lowest BCUT2D eigenvalue weighted by atomic mass is 10.0. The number of carboxylic acid groups (broad SMARTS) is 1. The van der Waals surface area contributed by atoms with E-state index in [0.717, 1.165) is 11.1 Å². The smallest absolute Gasteiger partial charge is 0.337 e. The minimum absolute atomic E-state index is 0.000403. The van der Waals surface area contributed by atoms with Crippen LogP contribution in [0.4, 0.5) is 5.69 Å². The number of anilines is 1. The standard InChI is InChI=1S/C20H20Br2N2O4S/c1-10(2)13-5-4-11(3)6-16(13)28-9-17(25)23-20(29)24-18-14(19(26)27)7-12(21)8-15(18)22/h4-8,10H,9H2,1-3H3,(H,26,27)(H2,23,24,25,29). The van der Waals surface area contributed by atoms with E-state index < -0.39 is 11.9 Å². The van der Waals surface area contributed by atoms with Crippen LogP contribution in [0.25, 0.3) is 0 Å². The Kier molecular flexibility index (Phi) is 8.18. The fourth-order valence-corrected chi connectivity index (χ4v) is 4.10. The van der Waals surface area contributed by atoms with E-state index in [2.05, 4.69) is 42.5 Å². The van der Waals surface area contributed by atoms with E-state index in [1.807, 2.05) is 39.0 Å². The molecule has 154 valence electrons. The van der Waals surface area contributed by atoms with Crippen LogP contribution in [0.3, 0.4) is 0 Å². The van der Waals surface area contributed by atoms with Crippen molar-refractivity contribution < 1.29 is 19.4 Å². The summed E-state index contributed by atoms with van der Waals surface area (Å²) in [4.78, 5) is 23.7. The van der Waals surface area contributed by atoms with Gasteiger partial charge in [-0.2, -0.15) is 0 Å². The number of rotatable bonds is 6. The number of hydrogen-bond donors (Lipinski definition) is 3. The third kappa shape index (κ3) is 6.52. The van der Waals surface area contributed by atoms with Crippen molar-refractivity contribution in [1.29, 1.82) is 0 Å². The molecule has 0 aromatic heterocycles. The molecule has 3 N–H and O–H groups in total. The molecule has 2 aromatic rings. The van der Waals surface area contributed by atoms with Gasteiger partial charge in [0.15, 0.2) is 11.7 Å². The molecule has 0 heterocycles. The van der Waals surface area contributed by atoms with Crippen molar-refractivity contribution in [2.24, 2.45) is 0 Å². The lowest BCUT2D eigenvalue weighted by molar-refractivity contribution is -0.121. The molecule has 0 atom stereocenters. The molecule has 0 saturated heterocycles. The van der Waals surface area contributed by atoms with Crippen molar-refractivity contribution in [3.05, 3.63) is 56.0 Å². The molecule has 0 aliphatic rings. The number of aryl methyl sites for hydroxylation is 1. The Hall–Kier alpha value is -1.97. The van der Waals surface area contributed by atoms with Gasteiger partial charge in [0.05, 0.1) is 11.3 Å². The third-order valence-electron chi connectivity index (χ3n) is 3.93. The summed E-state index contributed by atoms with van der Waals surface area (Å²) >= 11 is 11.7. The zero-order valence-corrected chi connectivity index (χ0v) is 20.0. The Morgan fingerprint density at radius 1 is 1.21 bits per heavy atom. The van der Waals surface area contributed by atoms with Gasteiger partial charge in [0.25, 0.3) is 5.91 Å². The Morgan fingerprint density at radius 3 is 2.52 bits per heavy atom. The Bertz CT molecular complexity index is 964. The van der Waals surface area contributed by atoms with Crippen molar-refractivity contribution in [2.75, 3.05) is 11.9 Å². The molecule has 0 unspecified atom stereocenters. The SMILES string of the molecule is Cc1ccc(C(C)C)c(OCC(=O)NC(=S)Nc2c(Br)cc(Br)cc2C(=O)O)c1. The number of halogens is 2. The maximum Gasteiger partial charge on any atom is 0.337 e. The number of amides is 1. The topological polar surface area (TPSA) is 87.7 Å². The second-order valence-electron chi connectivity index (χ2n) is 6.60. The first-order valence-corrected chi connectivity index (χ1v) is 10.6. The summed E-state index contributed by atoms with van der Waals surface area (Å²) in [5, 5.41) is 14.6. The van der Waals surface area contributed by atoms with E-state index in [9.17, 15) is 14.7 Å². The van der Waals surface area contributed by atoms with Crippen LogP contribution in [-0.4, -0.2) is 28.7 Å². The van der Waals surface area contributed by atoms with Gasteiger partial charge in [0, 0.05) is 8.95 Å². The lowest BCUT2D eigenvalue weighted by Crippen LogP contribution is -2.37. The highest BCUT2D eigenvalue weighted by Gasteiger charge is 2.17. The van der Waals surface area contributed by atoms with Crippen LogP contribution < -0.4 is 15.4 Å². The summed E-state index contributed by atoms with van der Waals surface area (Å²) in [6.45, 7) is 5.82. The summed E-state index contributed by atoms with van der Waals surface area (Å²) in [6.07, 6.45) is 0. The predicted octanol–water partition coefficient (Wildman–Crippen LogP) is 5.23. The second-order valence-corrected chi connectivity index (χ2v) is 8.78. The summed E-state index contributed by atoms with van der Waals surface area (Å²) in [5.74, 6) is -0.685. The van der Waals surface area contributed by atoms with Crippen molar-refractivity contribution in [1.82, 2.24) is 5.32 Å². The van der Waals surface area contributed by atoms with Crippen LogP contribution in [0.2, 0.25) is 0 Å². The van der Waals surface area contributed by atoms with E-state index in [1.165, 1.54) is 6.07 Å². The fraction of sp³-hybridized carbons (Fsp3) is 0.250. The molecule has 2 aromatic carbocycles. The highest BCUT2D eigenvalue weighted by Crippen LogP contribution is 2.31. The minimum atomic E-state index is -1.13. The predicted molar refractivity (Wildman–Crippen MR) is 124 cm³/mol. The summed E-state index contributed by atoms with van der Waals surface area (Å²) < 4.78 is 6.76. The maximum absolute atomic E-state index is 12.2. The van der Waals surface area contributed by atoms with Crippen molar-refractivity contribution in [3.63, 3.8) is 0 Å². The van der Waals surface area contributed by atoms with Gasteiger partial charge >= 0.3 is 5.97 Å². The summed E-state index contributed by atoms with van der Waals surface area (Å²) in [5.41, 5.74) is 2.28. The molecule has 29 heavy (non-hydrogen) atoms. The minimum Gasteiger partial charge on any atom is -0.483 e. The number of aromatic carboxylic acids is 1. The average Bonchev–Trinajstić information content (AvgIpc) is 2.61. The molecular formula is C20H20Br2N2O4S. The Balaban J connectivity index is 2.04. The van der Waals surface area contributed by atoms with Crippen LogP contribution in [0.1, 0.15) is 41.3 Å². The van der Waals surface area contributed by atoms with E-state index in [1.54, 1.807) is 6.07 Å². The molecule has 6 nitrogen and oxygen atoms in total. The average molecular weight is 544 g/mol. The highest BCUT2D eigenvalue weighted by atomic mass is 79.9. The monoisotopic (exact) mass is 542 g/mol. The van der Waals surface area contributed by atoms with Gasteiger partial charge in [0.2, 0.25) is 0 Å². The highest BCUT2D eigenvalue weighted by molar-refractivity contribution is 9.11. The van der Waals surface area contributed by atoms with Crippen LogP contribution >= 0.6 is 44.1 Å². The van der Waals surface area contributed by atoms with Crippen LogP contribution in [0.5, 0.6) is 5.75 Å². The van der Waals surface area contributed by atoms with Gasteiger partial charge in [-0.3, -0.25) is 10.1 Å². The normalized spacial score (nSPS) is 10.6. The number of thiocarbonyl (C=S) groups is 1. The molecule has 0 bridgehead atoms. The number of nitrogens with one attached hydrogen (secondary N) is 2. The van der Waals surface area contributed by atoms with E-state index in [-0.39, 0.29) is 28.9 Å². The molecule has 9 heteroatoms. The van der Waals surface area contributed by atoms with Gasteiger partial charge in [0.1, 0.15) is 5.75 Å². The summed E-state index contributed by atoms with van der Waals surface area (Å²) in [7, 11) is 0. The molecule has 0 saturated carbocycles. The van der Waals surface area contributed by atoms with Crippen molar-refractivity contribution >= 4 is 66.8 Å². The van der Waals surface area contributed by atoms with Gasteiger partial charge in [-0.1, -0.05) is 41.9 Å². The van der Waals surface area contributed by atoms with Crippen LogP contribution in [-0.2, 0) is 4.79 Å². The lowest BCUT2D eigenvalue weighted by Gasteiger charge is -2.16. The number of hydrogen-bond acceptors (Lipinski definition) is 4. The number of carbonyl (C=O) groups is 2. The fourth-order valence-electron chi connectivity index (χ4n) is 2.56. The van der Waals surface area contributed by atoms with Gasteiger partial charge < -0.3 is 15.2 Å². The van der Waals surface area contributed by atoms with Gasteiger partial charge in [-0.15, -0.1) is 0 Å². The molecule has 1 amide bonds. The number of benzene rings is 2. The van der Waals surface area contributed by atoms with Gasteiger partial charge in [-0.25, -0.2) is 4.79 Å². The first-order valence-electron chi connectivity index (χ1n) is 8.65. The van der Waals surface area contributed by atoms with Crippen molar-refractivity contribution in [2.45, 2.75) is 26.7 Å². The van der Waals surface area contributed by atoms with Crippen LogP contribution in [0, 0.1) is 6.92 Å². The summed E-state index contributed by atoms with van der Waals surface area (Å²) in [6, 6.07) is 8.98. The Morgan fingerprint density at radius 2 is 1.90 bits per heavy atom. The molecule has 0 spiro atoms. The molecule has 0 aliphatic carbocycles. The molecule has 0 radical (unpaired) electrons. The molecule has 0 aliphatic heterocycles. The second kappa shape index (κ2) is 10.2. The molecule has 0 fully saturated rings. The maximum atomic E-state index is 12.2. The molecule has 2 rings (SSSR count). The first-order chi connectivity index (χ1) is 13.6. The molecular weight excluding hydrogens is 524 g/mol. The van der Waals surface area contributed by atoms with Gasteiger partial charge in [-0.05, 0) is 70.3 Å². The van der Waals surface area contributed by atoms with E-state index in [0.29, 0.717) is 14.7 Å².